The van der Waals surface area contributed by atoms with Gasteiger partial charge >= 0.3 is 0 Å². The third-order valence-electron chi connectivity index (χ3n) is 13.5. The molecule has 0 aliphatic heterocycles. The van der Waals surface area contributed by atoms with Crippen LogP contribution >= 0.6 is 23.2 Å². The van der Waals surface area contributed by atoms with Crippen molar-refractivity contribution in [2.75, 3.05) is 35.0 Å². The number of aliphatic hydroxyl groups excluding tert-OH is 1. The largest absolute Gasteiger partial charge is 0.497 e. The molecule has 0 aromatic heterocycles. The molecule has 4 N–H and O–H groups in total. The lowest BCUT2D eigenvalue weighted by molar-refractivity contribution is -0.130. The number of carbonyl (C=O) groups excluding carboxylic acids is 2. The second-order valence-corrected chi connectivity index (χ2v) is 20.4. The van der Waals surface area contributed by atoms with Crippen LogP contribution in [-0.2, 0) is 34.2 Å². The summed E-state index contributed by atoms with van der Waals surface area (Å²) in [6.07, 6.45) is 2.32. The van der Waals surface area contributed by atoms with E-state index in [2.05, 4.69) is 54.1 Å². The number of alkyl halides is 1. The second kappa shape index (κ2) is 31.8. The Morgan fingerprint density at radius 2 is 1.19 bits per heavy atom. The van der Waals surface area contributed by atoms with Gasteiger partial charge in [-0.3, -0.25) is 9.59 Å². The van der Waals surface area contributed by atoms with Gasteiger partial charge in [0.05, 0.1) is 34.0 Å². The molecule has 3 atom stereocenters. The molecule has 11 nitrogen and oxygen atoms in total. The Morgan fingerprint density at radius 1 is 0.617 bits per heavy atom. The zero-order chi connectivity index (χ0) is 58.2. The first-order chi connectivity index (χ1) is 39.2. The van der Waals surface area contributed by atoms with Crippen LogP contribution in [0.4, 0.5) is 0 Å². The minimum absolute atomic E-state index is 0.0255. The van der Waals surface area contributed by atoms with Gasteiger partial charge in [0.1, 0.15) is 46.3 Å². The van der Waals surface area contributed by atoms with Gasteiger partial charge < -0.3 is 44.7 Å². The van der Waals surface area contributed by atoms with E-state index in [1.807, 2.05) is 185 Å². The summed E-state index contributed by atoms with van der Waals surface area (Å²) in [7, 11) is 6.73. The topological polar surface area (TPSA) is 137 Å². The van der Waals surface area contributed by atoms with Crippen molar-refractivity contribution >= 4 is 35.0 Å². The number of aryl methyl sites for hydroxylation is 3. The van der Waals surface area contributed by atoms with E-state index < -0.39 is 10.9 Å². The lowest BCUT2D eigenvalue weighted by Crippen LogP contribution is -2.47. The molecule has 0 aliphatic carbocycles. The van der Waals surface area contributed by atoms with E-state index in [0.717, 1.165) is 80.2 Å². The van der Waals surface area contributed by atoms with Gasteiger partial charge in [0.25, 0.3) is 5.91 Å². The number of carbonyl (C=O) groups is 2. The third kappa shape index (κ3) is 18.1. The predicted molar refractivity (Wildman–Crippen MR) is 326 cm³/mol. The van der Waals surface area contributed by atoms with Crippen molar-refractivity contribution in [3.05, 3.63) is 254 Å². The Kier molecular flexibility index (Phi) is 24.5. The highest BCUT2D eigenvalue weighted by molar-refractivity contribution is 6.34. The van der Waals surface area contributed by atoms with Crippen LogP contribution in [0.25, 0.3) is 0 Å². The van der Waals surface area contributed by atoms with E-state index in [0.29, 0.717) is 36.1 Å². The van der Waals surface area contributed by atoms with Crippen molar-refractivity contribution in [2.24, 2.45) is 0 Å². The summed E-state index contributed by atoms with van der Waals surface area (Å²) in [5, 5.41) is 18.9. The molecule has 0 aliphatic rings. The molecule has 424 valence electrons. The predicted octanol–water partition coefficient (Wildman–Crippen LogP) is 13.9. The maximum absolute atomic E-state index is 12.8. The van der Waals surface area contributed by atoms with E-state index in [1.165, 1.54) is 11.1 Å². The summed E-state index contributed by atoms with van der Waals surface area (Å²) in [5.41, 5.74) is 11.3. The van der Waals surface area contributed by atoms with Crippen molar-refractivity contribution in [3.63, 3.8) is 0 Å². The summed E-state index contributed by atoms with van der Waals surface area (Å²) in [6.45, 7) is 8.87. The zero-order valence-corrected chi connectivity index (χ0v) is 49.1. The van der Waals surface area contributed by atoms with Gasteiger partial charge in [-0.2, -0.15) is 0 Å². The maximum atomic E-state index is 12.8. The highest BCUT2D eigenvalue weighted by Gasteiger charge is 2.35. The average Bonchev–Trinajstić information content (AvgIpc) is 3.61. The van der Waals surface area contributed by atoms with Gasteiger partial charge in [-0.25, -0.2) is 0 Å². The molecule has 0 heterocycles. The van der Waals surface area contributed by atoms with E-state index in [1.54, 1.807) is 21.3 Å². The van der Waals surface area contributed by atoms with Crippen LogP contribution < -0.4 is 39.6 Å². The number of hydrogen-bond acceptors (Lipinski definition) is 9. The van der Waals surface area contributed by atoms with Crippen LogP contribution in [-0.4, -0.2) is 57.9 Å². The van der Waals surface area contributed by atoms with Crippen molar-refractivity contribution in [2.45, 2.75) is 83.7 Å². The molecule has 0 radical (unpaired) electrons. The number of benzene rings is 8. The van der Waals surface area contributed by atoms with Crippen LogP contribution in [0.1, 0.15) is 93.4 Å². The average molecular weight is 1130 g/mol. The van der Waals surface area contributed by atoms with Gasteiger partial charge in [0.15, 0.2) is 6.61 Å². The summed E-state index contributed by atoms with van der Waals surface area (Å²) >= 11 is 13.6. The fourth-order valence-corrected chi connectivity index (χ4v) is 9.62. The fourth-order valence-electron chi connectivity index (χ4n) is 8.88. The number of unbranched alkanes of at least 4 members (excludes halogenated alkanes) is 1. The summed E-state index contributed by atoms with van der Waals surface area (Å²) in [6, 6.07) is 60.3. The van der Waals surface area contributed by atoms with Crippen LogP contribution in [0.2, 0.25) is 5.02 Å². The highest BCUT2D eigenvalue weighted by Crippen LogP contribution is 2.45. The summed E-state index contributed by atoms with van der Waals surface area (Å²) < 4.78 is 27.6. The van der Waals surface area contributed by atoms with Crippen molar-refractivity contribution in [1.82, 2.24) is 16.0 Å². The van der Waals surface area contributed by atoms with Gasteiger partial charge in [-0.15, -0.1) is 11.6 Å². The SMILES string of the molecule is CCCCC(NC(=O)COc1ccc(C(NC)c2ccc(OC)cc2OC)cc1)C(=O)NCc1ccc(C)cc1.COc1cc(COc2ccc(C)cc2)ccc1CO.Cc1ccc(C(Cl)(c2ccccc2)c2ccccc2Cl)cc1. The molecule has 8 aromatic rings. The van der Waals surface area contributed by atoms with E-state index in [9.17, 15) is 9.59 Å². The zero-order valence-electron chi connectivity index (χ0n) is 47.6. The van der Waals surface area contributed by atoms with Crippen molar-refractivity contribution in [1.29, 1.82) is 0 Å². The van der Waals surface area contributed by atoms with Gasteiger partial charge in [0.2, 0.25) is 5.91 Å². The second-order valence-electron chi connectivity index (χ2n) is 19.4. The number of nitrogens with one attached hydrogen (secondary N) is 3. The Morgan fingerprint density at radius 3 is 1.79 bits per heavy atom. The van der Waals surface area contributed by atoms with Crippen LogP contribution in [0, 0.1) is 20.8 Å². The van der Waals surface area contributed by atoms with Crippen LogP contribution in [0.3, 0.4) is 0 Å². The molecule has 0 saturated heterocycles. The minimum atomic E-state index is -0.798. The molecular formula is C68H75Cl2N3O8. The highest BCUT2D eigenvalue weighted by atomic mass is 35.5. The summed E-state index contributed by atoms with van der Waals surface area (Å²) in [5.74, 6) is 2.99. The number of amides is 2. The van der Waals surface area contributed by atoms with Gasteiger partial charge in [-0.1, -0.05) is 182 Å². The minimum Gasteiger partial charge on any atom is -0.497 e. The Hall–Kier alpha value is -7.80. The Labute approximate surface area is 488 Å². The molecule has 0 saturated carbocycles. The smallest absolute Gasteiger partial charge is 0.258 e. The molecule has 8 aromatic carbocycles. The fraction of sp³-hybridized carbons (Fsp3) is 0.265. The molecule has 8 rings (SSSR count). The first kappa shape index (κ1) is 62.4. The first-order valence-electron chi connectivity index (χ1n) is 27.0. The number of halogens is 2. The molecule has 3 unspecified atom stereocenters. The molecule has 13 heteroatoms. The van der Waals surface area contributed by atoms with Crippen molar-refractivity contribution in [3.8, 4) is 28.7 Å². The number of hydrogen-bond donors (Lipinski definition) is 4. The lowest BCUT2D eigenvalue weighted by Gasteiger charge is -2.30. The van der Waals surface area contributed by atoms with E-state index >= 15 is 0 Å². The first-order valence-corrected chi connectivity index (χ1v) is 27.8. The molecule has 81 heavy (non-hydrogen) atoms. The third-order valence-corrected chi connectivity index (χ3v) is 14.5. The summed E-state index contributed by atoms with van der Waals surface area (Å²) in [4.78, 5) is 24.7. The number of rotatable bonds is 23. The van der Waals surface area contributed by atoms with Gasteiger partial charge in [-0.05, 0) is 111 Å². The van der Waals surface area contributed by atoms with Crippen molar-refractivity contribution < 1.29 is 38.4 Å². The number of aliphatic hydroxyl groups is 1. The van der Waals surface area contributed by atoms with Crippen LogP contribution in [0.5, 0.6) is 28.7 Å². The van der Waals surface area contributed by atoms with Gasteiger partial charge in [0, 0.05) is 34.3 Å². The molecule has 0 spiro atoms. The van der Waals surface area contributed by atoms with E-state index in [4.69, 9.17) is 52.0 Å². The Bertz CT molecular complexity index is 3200. The number of methoxy groups -OCH3 is 3. The quantitative estimate of drug-likeness (QED) is 0.0364. The standard InChI is InChI=1S/C32H41N3O5.C20H16Cl2.C16H18O3/c1-6-7-8-28(32(37)34-20-23-11-9-22(2)10-12-23)35-30(36)21-40-25-15-13-24(14-16-25)31(33-3)27-18-17-26(38-4)19-29(27)39-5;1-15-11-13-17(14-12-15)20(22,16-7-3-2-4-8-16)18-9-5-6-10-19(18)21;1-12-3-7-15(8-4-12)19-11-13-5-6-14(10-17)16(9-13)18-2/h9-19,28,31,33H,6-8,20-21H2,1-5H3,(H,34,37)(H,35,36);2-14H,1H3;3-9,17H,10-11H2,1-2H3. The lowest BCUT2D eigenvalue weighted by atomic mass is 9.84. The Balaban J connectivity index is 0.000000215. The van der Waals surface area contributed by atoms with Crippen LogP contribution in [0.15, 0.2) is 188 Å². The molecule has 2 amide bonds. The monoisotopic (exact) mass is 1130 g/mol. The molecule has 0 bridgehead atoms. The molecule has 0 fully saturated rings. The normalized spacial score (nSPS) is 12.1. The maximum Gasteiger partial charge on any atom is 0.258 e. The number of ether oxygens (including phenoxy) is 5. The van der Waals surface area contributed by atoms with E-state index in [-0.39, 0.29) is 31.1 Å². The molecular weight excluding hydrogens is 1060 g/mol.